The predicted octanol–water partition coefficient (Wildman–Crippen LogP) is 3.63. The highest BCUT2D eigenvalue weighted by atomic mass is 16.7. The molecule has 0 aromatic heterocycles. The van der Waals surface area contributed by atoms with Crippen LogP contribution in [0.1, 0.15) is 65.2 Å². The van der Waals surface area contributed by atoms with Gasteiger partial charge in [0, 0.05) is 34.1 Å². The summed E-state index contributed by atoms with van der Waals surface area (Å²) in [7, 11) is 0. The van der Waals surface area contributed by atoms with Gasteiger partial charge in [0.2, 0.25) is 0 Å². The fourth-order valence-electron chi connectivity index (χ4n) is 7.61. The van der Waals surface area contributed by atoms with Crippen LogP contribution in [0, 0.1) is 11.8 Å². The third kappa shape index (κ3) is 8.82. The first-order valence-corrected chi connectivity index (χ1v) is 18.1. The largest absolute Gasteiger partial charge is 0.460 e. The first-order valence-electron chi connectivity index (χ1n) is 18.1. The lowest BCUT2D eigenvalue weighted by Gasteiger charge is -2.19. The van der Waals surface area contributed by atoms with Crippen molar-refractivity contribution in [2.24, 2.45) is 11.8 Å². The molecule has 0 saturated carbocycles. The molecule has 0 spiro atoms. The Morgan fingerprint density at radius 3 is 1.43 bits per heavy atom. The second-order valence-electron chi connectivity index (χ2n) is 14.4. The van der Waals surface area contributed by atoms with Gasteiger partial charge < -0.3 is 42.6 Å². The van der Waals surface area contributed by atoms with Gasteiger partial charge in [-0.25, -0.2) is 19.2 Å². The van der Waals surface area contributed by atoms with Gasteiger partial charge in [0.05, 0.1) is 50.8 Å². The van der Waals surface area contributed by atoms with E-state index >= 15 is 0 Å². The Morgan fingerprint density at radius 2 is 1.04 bits per heavy atom. The van der Waals surface area contributed by atoms with Crippen LogP contribution in [0.5, 0.6) is 0 Å². The van der Waals surface area contributed by atoms with Crippen molar-refractivity contribution in [3.8, 4) is 0 Å². The number of epoxide rings is 2. The molecule has 13 nitrogen and oxygen atoms in total. The monoisotopic (exact) mass is 714 g/mol. The van der Waals surface area contributed by atoms with E-state index in [9.17, 15) is 19.2 Å². The molecule has 0 amide bonds. The van der Waals surface area contributed by atoms with Crippen molar-refractivity contribution < 1.29 is 61.8 Å². The summed E-state index contributed by atoms with van der Waals surface area (Å²) < 4.78 is 50.5. The smallest absolute Gasteiger partial charge is 0.334 e. The molecule has 6 aliphatic rings. The minimum atomic E-state index is -0.390. The topological polar surface area (TPSA) is 158 Å². The lowest BCUT2D eigenvalue weighted by molar-refractivity contribution is -0.142. The lowest BCUT2D eigenvalue weighted by atomic mass is 9.84. The molecule has 4 saturated heterocycles. The second-order valence-corrected chi connectivity index (χ2v) is 14.4. The molecule has 51 heavy (non-hydrogen) atoms. The quantitative estimate of drug-likeness (QED) is 0.0846. The minimum absolute atomic E-state index is 0.108. The van der Waals surface area contributed by atoms with Crippen molar-refractivity contribution in [2.45, 2.75) is 101 Å². The van der Waals surface area contributed by atoms with E-state index in [1.807, 2.05) is 26.0 Å². The minimum Gasteiger partial charge on any atom is -0.460 e. The number of rotatable bonds is 14. The highest BCUT2D eigenvalue weighted by Gasteiger charge is 2.62. The zero-order valence-corrected chi connectivity index (χ0v) is 29.7. The molecule has 280 valence electrons. The average Bonchev–Trinajstić information content (AvgIpc) is 3.92. The van der Waals surface area contributed by atoms with Crippen LogP contribution in [0.3, 0.4) is 0 Å². The third-order valence-corrected chi connectivity index (χ3v) is 10.9. The number of hydrogen-bond donors (Lipinski definition) is 0. The molecule has 0 aromatic rings. The van der Waals surface area contributed by atoms with Crippen molar-refractivity contribution >= 4 is 23.9 Å². The van der Waals surface area contributed by atoms with Crippen molar-refractivity contribution in [3.63, 3.8) is 0 Å². The number of fused-ring (bicyclic) bond motifs is 6. The Bertz CT molecular complexity index is 1340. The Labute approximate surface area is 298 Å². The van der Waals surface area contributed by atoms with E-state index in [1.165, 1.54) is 0 Å². The summed E-state index contributed by atoms with van der Waals surface area (Å²) in [4.78, 5) is 50.0. The molecule has 13 heteroatoms. The molecule has 4 aliphatic heterocycles. The summed E-state index contributed by atoms with van der Waals surface area (Å²) in [6, 6.07) is 0. The van der Waals surface area contributed by atoms with E-state index in [0.29, 0.717) is 87.2 Å². The maximum absolute atomic E-state index is 12.8. The molecule has 0 unspecified atom stereocenters. The van der Waals surface area contributed by atoms with Crippen LogP contribution in [-0.4, -0.2) is 112 Å². The standard InChI is InChI=1S/C38H50O13/c1-23-27-11-9-25(7-5-13-37(3)31(50-37)29(27)48-33(23)39)35(41)46-21-19-44-17-15-43-16-18-45-20-22-47-36(42)26-8-6-14-38(4)32(51-38)30-28(12-10-26)24(2)34(40)49-30/h7-8,27-32H,1-2,5-6,9-22H2,3-4H3/b25-7+,26-8+/t27-,28-,29-,30-,31-,32-,37+,38+/m0/s1. The summed E-state index contributed by atoms with van der Waals surface area (Å²) in [5.74, 6) is -1.92. The Kier molecular flexibility index (Phi) is 11.8. The molecule has 2 aliphatic carbocycles. The number of carbonyl (C=O) groups excluding carboxylic acids is 4. The lowest BCUT2D eigenvalue weighted by Crippen LogP contribution is -2.29. The van der Waals surface area contributed by atoms with Crippen molar-refractivity contribution in [1.29, 1.82) is 0 Å². The van der Waals surface area contributed by atoms with Crippen LogP contribution >= 0.6 is 0 Å². The SMILES string of the molecule is C=C1C(=O)O[C@H]2[C@H]1CC/C(C(=O)OCCOCCOCCOCCOC(=O)/C1=C/CC[C@@]3(C)O[C@H]3[C@H]3OC(=O)C(=C)[C@@H]3CC1)=C\CC[C@@]1(C)O[C@@H]21. The Balaban J connectivity index is 0.791. The van der Waals surface area contributed by atoms with Gasteiger partial charge in [-0.05, 0) is 65.2 Å². The van der Waals surface area contributed by atoms with Crippen LogP contribution in [0.25, 0.3) is 0 Å². The van der Waals surface area contributed by atoms with Crippen LogP contribution in [0.15, 0.2) is 47.6 Å². The predicted molar refractivity (Wildman–Crippen MR) is 179 cm³/mol. The molecular weight excluding hydrogens is 664 g/mol. The van der Waals surface area contributed by atoms with Gasteiger partial charge in [0.25, 0.3) is 0 Å². The van der Waals surface area contributed by atoms with Crippen molar-refractivity contribution in [1.82, 2.24) is 0 Å². The van der Waals surface area contributed by atoms with E-state index in [-0.39, 0.29) is 85.8 Å². The summed E-state index contributed by atoms with van der Waals surface area (Å²) >= 11 is 0. The summed E-state index contributed by atoms with van der Waals surface area (Å²) in [5, 5.41) is 0. The molecule has 0 N–H and O–H groups in total. The van der Waals surface area contributed by atoms with E-state index in [2.05, 4.69) is 13.2 Å². The maximum atomic E-state index is 12.8. The summed E-state index contributed by atoms with van der Waals surface area (Å²) in [6.07, 6.45) is 7.66. The molecule has 0 aromatic carbocycles. The van der Waals surface area contributed by atoms with Gasteiger partial charge in [-0.3, -0.25) is 0 Å². The van der Waals surface area contributed by atoms with Crippen molar-refractivity contribution in [3.05, 3.63) is 47.6 Å². The Morgan fingerprint density at radius 1 is 0.667 bits per heavy atom. The molecule has 8 atom stereocenters. The van der Waals surface area contributed by atoms with Gasteiger partial charge in [-0.1, -0.05) is 25.3 Å². The average molecular weight is 715 g/mol. The summed E-state index contributed by atoms with van der Waals surface area (Å²) in [6.45, 7) is 13.9. The van der Waals surface area contributed by atoms with Gasteiger partial charge in [-0.2, -0.15) is 0 Å². The first kappa shape index (κ1) is 37.4. The molecule has 4 fully saturated rings. The number of hydrogen-bond acceptors (Lipinski definition) is 13. The normalized spacial score (nSPS) is 36.4. The van der Waals surface area contributed by atoms with Crippen LogP contribution in [-0.2, 0) is 61.8 Å². The number of allylic oxidation sites excluding steroid dienone is 2. The van der Waals surface area contributed by atoms with E-state index in [4.69, 9.17) is 42.6 Å². The molecule has 0 radical (unpaired) electrons. The third-order valence-electron chi connectivity index (χ3n) is 10.9. The van der Waals surface area contributed by atoms with Crippen LogP contribution in [0.4, 0.5) is 0 Å². The van der Waals surface area contributed by atoms with Crippen molar-refractivity contribution in [2.75, 3.05) is 52.9 Å². The highest BCUT2D eigenvalue weighted by Crippen LogP contribution is 2.51. The van der Waals surface area contributed by atoms with Gasteiger partial charge >= 0.3 is 23.9 Å². The summed E-state index contributed by atoms with van der Waals surface area (Å²) in [5.41, 5.74) is 1.30. The van der Waals surface area contributed by atoms with E-state index in [1.54, 1.807) is 0 Å². The molecular formula is C38H50O13. The molecule has 6 rings (SSSR count). The maximum Gasteiger partial charge on any atom is 0.334 e. The van der Waals surface area contributed by atoms with Gasteiger partial charge in [0.15, 0.2) is 0 Å². The fraction of sp³-hybridized carbons (Fsp3) is 0.684. The number of carbonyl (C=O) groups is 4. The Hall–Kier alpha value is -3.36. The molecule has 0 bridgehead atoms. The number of ether oxygens (including phenoxy) is 9. The van der Waals surface area contributed by atoms with E-state index in [0.717, 1.165) is 12.8 Å². The fourth-order valence-corrected chi connectivity index (χ4v) is 7.61. The second kappa shape index (κ2) is 16.1. The highest BCUT2D eigenvalue weighted by molar-refractivity contribution is 5.92. The molecule has 4 heterocycles. The van der Waals surface area contributed by atoms with Gasteiger partial charge in [0.1, 0.15) is 37.6 Å². The van der Waals surface area contributed by atoms with Crippen LogP contribution in [0.2, 0.25) is 0 Å². The first-order chi connectivity index (χ1) is 24.5. The zero-order chi connectivity index (χ0) is 36.2. The van der Waals surface area contributed by atoms with Crippen LogP contribution < -0.4 is 0 Å². The number of esters is 4. The zero-order valence-electron chi connectivity index (χ0n) is 29.7. The van der Waals surface area contributed by atoms with Gasteiger partial charge in [-0.15, -0.1) is 0 Å². The van der Waals surface area contributed by atoms with E-state index < -0.39 is 11.9 Å².